The monoisotopic (exact) mass is 663 g/mol. The van der Waals surface area contributed by atoms with E-state index in [-0.39, 0.29) is 28.5 Å². The van der Waals surface area contributed by atoms with Gasteiger partial charge in [0.1, 0.15) is 17.6 Å². The number of rotatable bonds is 7. The summed E-state index contributed by atoms with van der Waals surface area (Å²) in [7, 11) is 0. The second kappa shape index (κ2) is 12.3. The van der Waals surface area contributed by atoms with Crippen molar-refractivity contribution in [2.45, 2.75) is 57.3 Å². The predicted octanol–water partition coefficient (Wildman–Crippen LogP) is 5.26. The van der Waals surface area contributed by atoms with Crippen molar-refractivity contribution in [1.29, 1.82) is 0 Å². The second-order valence-electron chi connectivity index (χ2n) is 12.9. The normalized spacial score (nSPS) is 19.5. The number of nitrogens with two attached hydrogens (primary N) is 1. The number of hydrogen-bond acceptors (Lipinski definition) is 9. The Kier molecular flexibility index (Phi) is 8.14. The first-order valence-electron chi connectivity index (χ1n) is 16.0. The molecule has 2 aromatic carbocycles. The van der Waals surface area contributed by atoms with Crippen molar-refractivity contribution in [3.63, 3.8) is 0 Å². The van der Waals surface area contributed by atoms with Gasteiger partial charge in [-0.05, 0) is 85.4 Å². The van der Waals surface area contributed by atoms with Gasteiger partial charge in [-0.3, -0.25) is 4.79 Å². The van der Waals surface area contributed by atoms with Crippen LogP contribution in [0.2, 0.25) is 0 Å². The zero-order valence-electron chi connectivity index (χ0n) is 26.3. The largest absolute Gasteiger partial charge is 0.493 e. The van der Waals surface area contributed by atoms with E-state index in [0.717, 1.165) is 35.3 Å². The molecule has 11 nitrogen and oxygen atoms in total. The minimum atomic E-state index is -4.82. The van der Waals surface area contributed by atoms with Gasteiger partial charge in [0, 0.05) is 37.5 Å². The molecule has 1 spiro atoms. The first kappa shape index (κ1) is 31.7. The summed E-state index contributed by atoms with van der Waals surface area (Å²) in [5.74, 6) is -0.219. The maximum atomic E-state index is 14.9. The number of aryl methyl sites for hydroxylation is 2. The standard InChI is InChI=1S/C34H36F3N7O4/c1-20-8-11-44(42-20)26-16-22(21-5-7-27-23(15-21)3-2-14-47-27)4-6-24(26)30(34(35,36)37)48-29-17-28(40-32(38)41-29)43-12-9-33(10-13-43)18-25(31(45)46)39-19-33/h4-8,11,15-17,25,30,39H,2-3,9-10,12-14,18-19H2,1H3,(H,45,46)(H2,38,40,41)/t25-,30?/m0/s1. The van der Waals surface area contributed by atoms with E-state index in [4.69, 9.17) is 15.2 Å². The molecule has 0 bridgehead atoms. The minimum Gasteiger partial charge on any atom is -0.493 e. The van der Waals surface area contributed by atoms with Gasteiger partial charge in [-0.1, -0.05) is 18.2 Å². The number of anilines is 2. The molecule has 0 saturated carbocycles. The van der Waals surface area contributed by atoms with Gasteiger partial charge in [0.15, 0.2) is 0 Å². The molecule has 7 rings (SSSR count). The lowest BCUT2D eigenvalue weighted by Crippen LogP contribution is -2.41. The molecule has 4 aromatic rings. The van der Waals surface area contributed by atoms with Gasteiger partial charge in [-0.25, -0.2) is 4.68 Å². The lowest BCUT2D eigenvalue weighted by Gasteiger charge is -2.39. The zero-order chi connectivity index (χ0) is 33.6. The topological polar surface area (TPSA) is 141 Å². The second-order valence-corrected chi connectivity index (χ2v) is 12.9. The summed E-state index contributed by atoms with van der Waals surface area (Å²) in [4.78, 5) is 21.7. The van der Waals surface area contributed by atoms with Crippen LogP contribution in [-0.4, -0.2) is 69.3 Å². The van der Waals surface area contributed by atoms with E-state index in [1.54, 1.807) is 31.3 Å². The van der Waals surface area contributed by atoms with Crippen LogP contribution in [0.5, 0.6) is 11.6 Å². The van der Waals surface area contributed by atoms with E-state index in [0.29, 0.717) is 57.0 Å². The summed E-state index contributed by atoms with van der Waals surface area (Å²) in [6.07, 6.45) is -1.91. The van der Waals surface area contributed by atoms with Crippen LogP contribution < -0.4 is 25.4 Å². The number of nitrogens with zero attached hydrogens (tertiary/aromatic N) is 5. The quantitative estimate of drug-likeness (QED) is 0.240. The fourth-order valence-electron chi connectivity index (χ4n) is 7.00. The van der Waals surface area contributed by atoms with Crippen LogP contribution in [0.4, 0.5) is 24.9 Å². The fraction of sp³-hybridized carbons (Fsp3) is 0.412. The molecule has 3 aliphatic heterocycles. The van der Waals surface area contributed by atoms with Crippen molar-refractivity contribution >= 4 is 17.7 Å². The number of fused-ring (bicyclic) bond motifs is 1. The van der Waals surface area contributed by atoms with Gasteiger partial charge in [-0.15, -0.1) is 0 Å². The first-order chi connectivity index (χ1) is 23.0. The molecule has 4 N–H and O–H groups in total. The van der Waals surface area contributed by atoms with Gasteiger partial charge < -0.3 is 30.5 Å². The Bertz CT molecular complexity index is 1840. The highest BCUT2D eigenvalue weighted by atomic mass is 19.4. The van der Waals surface area contributed by atoms with Crippen LogP contribution in [0.25, 0.3) is 16.8 Å². The number of nitrogen functional groups attached to an aromatic ring is 1. The number of carboxylic acids is 1. The van der Waals surface area contributed by atoms with Crippen LogP contribution in [-0.2, 0) is 11.2 Å². The van der Waals surface area contributed by atoms with Gasteiger partial charge in [0.25, 0.3) is 0 Å². The number of piperidine rings is 1. The molecule has 3 aliphatic rings. The van der Waals surface area contributed by atoms with Gasteiger partial charge in [-0.2, -0.15) is 28.2 Å². The molecule has 252 valence electrons. The molecule has 2 aromatic heterocycles. The van der Waals surface area contributed by atoms with E-state index in [2.05, 4.69) is 20.4 Å². The Morgan fingerprint density at radius 2 is 1.90 bits per heavy atom. The molecule has 2 atom stereocenters. The minimum absolute atomic E-state index is 0.143. The van der Waals surface area contributed by atoms with Crippen LogP contribution >= 0.6 is 0 Å². The van der Waals surface area contributed by atoms with Crippen LogP contribution in [0.3, 0.4) is 0 Å². The van der Waals surface area contributed by atoms with Crippen LogP contribution in [0.1, 0.15) is 48.6 Å². The van der Waals surface area contributed by atoms with Crippen LogP contribution in [0, 0.1) is 12.3 Å². The highest BCUT2D eigenvalue weighted by Crippen LogP contribution is 2.43. The van der Waals surface area contributed by atoms with Crippen molar-refractivity contribution in [1.82, 2.24) is 25.1 Å². The maximum Gasteiger partial charge on any atom is 0.429 e. The lowest BCUT2D eigenvalue weighted by molar-refractivity contribution is -0.198. The van der Waals surface area contributed by atoms with Crippen molar-refractivity contribution in [3.8, 4) is 28.4 Å². The maximum absolute atomic E-state index is 14.9. The molecule has 0 aliphatic carbocycles. The van der Waals surface area contributed by atoms with E-state index in [1.165, 1.54) is 16.8 Å². The molecular weight excluding hydrogens is 627 g/mol. The fourth-order valence-corrected chi connectivity index (χ4v) is 7.00. The highest BCUT2D eigenvalue weighted by Gasteiger charge is 2.46. The van der Waals surface area contributed by atoms with Gasteiger partial charge in [0.05, 0.1) is 18.0 Å². The summed E-state index contributed by atoms with van der Waals surface area (Å²) in [6.45, 7) is 4.09. The molecule has 14 heteroatoms. The molecule has 0 radical (unpaired) electrons. The molecule has 1 unspecified atom stereocenters. The molecule has 2 saturated heterocycles. The number of ether oxygens (including phenoxy) is 2. The third-order valence-electron chi connectivity index (χ3n) is 9.57. The highest BCUT2D eigenvalue weighted by molar-refractivity contribution is 5.74. The number of aliphatic carboxylic acids is 1. The summed E-state index contributed by atoms with van der Waals surface area (Å²) < 4.78 is 57.6. The smallest absolute Gasteiger partial charge is 0.429 e. The number of hydrogen-bond donors (Lipinski definition) is 3. The van der Waals surface area contributed by atoms with E-state index < -0.39 is 24.3 Å². The predicted molar refractivity (Wildman–Crippen MR) is 171 cm³/mol. The summed E-state index contributed by atoms with van der Waals surface area (Å²) in [6, 6.07) is 13.1. The van der Waals surface area contributed by atoms with E-state index >= 15 is 0 Å². The zero-order valence-corrected chi connectivity index (χ0v) is 26.3. The Labute approximate surface area is 274 Å². The Balaban J connectivity index is 1.19. The lowest BCUT2D eigenvalue weighted by atomic mass is 9.76. The summed E-state index contributed by atoms with van der Waals surface area (Å²) in [5.41, 5.74) is 9.19. The molecule has 5 heterocycles. The Hall–Kier alpha value is -4.85. The van der Waals surface area contributed by atoms with Gasteiger partial charge >= 0.3 is 12.1 Å². The Morgan fingerprint density at radius 1 is 1.12 bits per heavy atom. The molecule has 48 heavy (non-hydrogen) atoms. The van der Waals surface area contributed by atoms with E-state index in [9.17, 15) is 23.1 Å². The van der Waals surface area contributed by atoms with Gasteiger partial charge in [0.2, 0.25) is 17.9 Å². The molecule has 2 fully saturated rings. The number of halogens is 3. The number of aromatic nitrogens is 4. The third kappa shape index (κ3) is 6.36. The summed E-state index contributed by atoms with van der Waals surface area (Å²) in [5, 5.41) is 16.9. The average molecular weight is 664 g/mol. The number of carbonyl (C=O) groups is 1. The van der Waals surface area contributed by atoms with Crippen molar-refractivity contribution in [3.05, 3.63) is 71.5 Å². The third-order valence-corrected chi connectivity index (χ3v) is 9.57. The number of alkyl halides is 3. The molecular formula is C34H36F3N7O4. The first-order valence-corrected chi connectivity index (χ1v) is 16.0. The van der Waals surface area contributed by atoms with Crippen LogP contribution in [0.15, 0.2) is 54.7 Å². The van der Waals surface area contributed by atoms with E-state index in [1.807, 2.05) is 23.1 Å². The number of benzene rings is 2. The average Bonchev–Trinajstić information content (AvgIpc) is 3.69. The number of nitrogens with one attached hydrogen (secondary N) is 1. The Morgan fingerprint density at radius 3 is 2.60 bits per heavy atom. The van der Waals surface area contributed by atoms with Crippen molar-refractivity contribution in [2.24, 2.45) is 5.41 Å². The summed E-state index contributed by atoms with van der Waals surface area (Å²) >= 11 is 0. The number of carboxylic acid groups (broad SMARTS) is 1. The SMILES string of the molecule is Cc1ccn(-c2cc(-c3ccc4c(c3)CCCO4)ccc2C(Oc2cc(N3CCC4(CC3)CN[C@H](C(=O)O)C4)nc(N)n2)C(F)(F)F)n1. The van der Waals surface area contributed by atoms with Crippen molar-refractivity contribution < 1.29 is 32.5 Å². The molecule has 0 amide bonds. The van der Waals surface area contributed by atoms with Crippen molar-refractivity contribution in [2.75, 3.05) is 36.9 Å².